The van der Waals surface area contributed by atoms with Crippen molar-refractivity contribution in [3.63, 3.8) is 0 Å². The molecule has 28 heavy (non-hydrogen) atoms. The zero-order valence-corrected chi connectivity index (χ0v) is 16.1. The van der Waals surface area contributed by atoms with Crippen LogP contribution in [0, 0.1) is 0 Å². The second-order valence-corrected chi connectivity index (χ2v) is 8.91. The molecular weight excluding hydrogens is 382 g/mol. The van der Waals surface area contributed by atoms with E-state index in [4.69, 9.17) is 0 Å². The van der Waals surface area contributed by atoms with E-state index in [2.05, 4.69) is 10.7 Å². The molecule has 2 N–H and O–H groups in total. The number of nitrogens with zero attached hydrogens (tertiary/aromatic N) is 1. The second-order valence-electron chi connectivity index (χ2n) is 6.77. The van der Waals surface area contributed by atoms with Crippen molar-refractivity contribution in [3.05, 3.63) is 71.3 Å². The predicted octanol–water partition coefficient (Wildman–Crippen LogP) is 1.34. The summed E-state index contributed by atoms with van der Waals surface area (Å²) in [6.45, 7) is 1.56. The molecule has 1 heterocycles. The number of hydrogen-bond donors (Lipinski definition) is 2. The Kier molecular flexibility index (Phi) is 4.95. The first-order valence-corrected chi connectivity index (χ1v) is 10.5. The van der Waals surface area contributed by atoms with Crippen LogP contribution in [0.4, 0.5) is 4.79 Å². The summed E-state index contributed by atoms with van der Waals surface area (Å²) < 4.78 is 22.7. The lowest BCUT2D eigenvalue weighted by atomic mass is 9.92. The minimum Gasteiger partial charge on any atom is -0.318 e. The van der Waals surface area contributed by atoms with Crippen LogP contribution in [0.2, 0.25) is 0 Å². The van der Waals surface area contributed by atoms with Gasteiger partial charge in [0.15, 0.2) is 9.84 Å². The highest BCUT2D eigenvalue weighted by Crippen LogP contribution is 2.27. The molecule has 0 saturated carbocycles. The molecule has 3 rings (SSSR count). The van der Waals surface area contributed by atoms with E-state index in [-0.39, 0.29) is 11.3 Å². The van der Waals surface area contributed by atoms with Crippen molar-refractivity contribution in [3.8, 4) is 0 Å². The lowest BCUT2D eigenvalue weighted by Gasteiger charge is -2.22. The molecule has 1 saturated heterocycles. The zero-order valence-electron chi connectivity index (χ0n) is 15.3. The number of urea groups is 1. The van der Waals surface area contributed by atoms with Crippen LogP contribution in [0.3, 0.4) is 0 Å². The van der Waals surface area contributed by atoms with Gasteiger partial charge in [-0.05, 0) is 30.2 Å². The van der Waals surface area contributed by atoms with Crippen molar-refractivity contribution in [1.29, 1.82) is 0 Å². The molecule has 0 aromatic heterocycles. The largest absolute Gasteiger partial charge is 0.344 e. The van der Waals surface area contributed by atoms with Crippen molar-refractivity contribution in [2.24, 2.45) is 0 Å². The molecule has 0 aliphatic carbocycles. The number of carbonyl (C=O) groups excluding carboxylic acids is 3. The molecule has 1 aliphatic rings. The fourth-order valence-electron chi connectivity index (χ4n) is 2.93. The van der Waals surface area contributed by atoms with Gasteiger partial charge < -0.3 is 5.32 Å². The van der Waals surface area contributed by atoms with Gasteiger partial charge in [-0.2, -0.15) is 5.01 Å². The van der Waals surface area contributed by atoms with Crippen LogP contribution in [-0.2, 0) is 25.9 Å². The van der Waals surface area contributed by atoms with Crippen LogP contribution in [0.1, 0.15) is 28.4 Å². The third-order valence-electron chi connectivity index (χ3n) is 4.40. The van der Waals surface area contributed by atoms with Gasteiger partial charge in [0.1, 0.15) is 5.54 Å². The normalized spacial score (nSPS) is 19.4. The van der Waals surface area contributed by atoms with Crippen LogP contribution in [0.5, 0.6) is 0 Å². The monoisotopic (exact) mass is 401 g/mol. The Morgan fingerprint density at radius 1 is 1.07 bits per heavy atom. The maximum Gasteiger partial charge on any atom is 0.344 e. The van der Waals surface area contributed by atoms with E-state index in [1.54, 1.807) is 37.3 Å². The van der Waals surface area contributed by atoms with E-state index < -0.39 is 33.2 Å². The molecule has 8 nitrogen and oxygen atoms in total. The molecule has 1 aliphatic heterocycles. The molecule has 146 valence electrons. The molecule has 1 atom stereocenters. The van der Waals surface area contributed by atoms with Gasteiger partial charge in [-0.25, -0.2) is 13.2 Å². The smallest absolute Gasteiger partial charge is 0.318 e. The Labute approximate surface area is 162 Å². The van der Waals surface area contributed by atoms with Gasteiger partial charge in [0.2, 0.25) is 0 Å². The van der Waals surface area contributed by atoms with Crippen LogP contribution in [0.15, 0.2) is 54.6 Å². The highest BCUT2D eigenvalue weighted by Gasteiger charge is 2.50. The molecule has 2 aromatic carbocycles. The van der Waals surface area contributed by atoms with Gasteiger partial charge in [-0.1, -0.05) is 42.5 Å². The Morgan fingerprint density at radius 3 is 2.25 bits per heavy atom. The second kappa shape index (κ2) is 7.08. The van der Waals surface area contributed by atoms with E-state index in [0.717, 1.165) is 6.26 Å². The molecule has 9 heteroatoms. The van der Waals surface area contributed by atoms with Gasteiger partial charge in [-0.3, -0.25) is 15.0 Å². The fraction of sp³-hybridized carbons (Fsp3) is 0.211. The summed E-state index contributed by atoms with van der Waals surface area (Å²) >= 11 is 0. The SMILES string of the molecule is C[C@]1(c2ccccc2)NC(=O)N(NC(=O)c2ccc(CS(C)(=O)=O)cc2)C1=O. The van der Waals surface area contributed by atoms with Gasteiger partial charge in [0.25, 0.3) is 11.8 Å². The fourth-order valence-corrected chi connectivity index (χ4v) is 3.73. The maximum absolute atomic E-state index is 12.8. The number of hydrazine groups is 1. The van der Waals surface area contributed by atoms with Crippen LogP contribution >= 0.6 is 0 Å². The number of amides is 4. The zero-order chi connectivity index (χ0) is 20.5. The van der Waals surface area contributed by atoms with Crippen LogP contribution < -0.4 is 10.7 Å². The summed E-state index contributed by atoms with van der Waals surface area (Å²) in [6, 6.07) is 13.9. The maximum atomic E-state index is 12.8. The lowest BCUT2D eigenvalue weighted by molar-refractivity contribution is -0.132. The molecule has 2 aromatic rings. The molecule has 0 spiro atoms. The number of hydrogen-bond acceptors (Lipinski definition) is 5. The van der Waals surface area contributed by atoms with E-state index in [1.165, 1.54) is 24.3 Å². The quantitative estimate of drug-likeness (QED) is 0.735. The number of benzene rings is 2. The Morgan fingerprint density at radius 2 is 1.68 bits per heavy atom. The first-order chi connectivity index (χ1) is 13.1. The van der Waals surface area contributed by atoms with E-state index in [1.807, 2.05) is 0 Å². The molecule has 4 amide bonds. The first kappa shape index (κ1) is 19.6. The summed E-state index contributed by atoms with van der Waals surface area (Å²) in [6.07, 6.45) is 1.12. The predicted molar refractivity (Wildman–Crippen MR) is 102 cm³/mol. The average Bonchev–Trinajstić information content (AvgIpc) is 2.86. The van der Waals surface area contributed by atoms with Crippen molar-refractivity contribution >= 4 is 27.7 Å². The van der Waals surface area contributed by atoms with Crippen LogP contribution in [0.25, 0.3) is 0 Å². The number of imide groups is 1. The summed E-state index contributed by atoms with van der Waals surface area (Å²) in [5, 5.41) is 3.25. The molecule has 0 radical (unpaired) electrons. The summed E-state index contributed by atoms with van der Waals surface area (Å²) in [5.41, 5.74) is 2.33. The van der Waals surface area contributed by atoms with Crippen molar-refractivity contribution < 1.29 is 22.8 Å². The van der Waals surface area contributed by atoms with Gasteiger partial charge in [-0.15, -0.1) is 0 Å². The average molecular weight is 401 g/mol. The number of rotatable bonds is 5. The summed E-state index contributed by atoms with van der Waals surface area (Å²) in [4.78, 5) is 37.5. The third kappa shape index (κ3) is 3.89. The Bertz CT molecular complexity index is 1030. The summed E-state index contributed by atoms with van der Waals surface area (Å²) in [5.74, 6) is -1.41. The van der Waals surface area contributed by atoms with Crippen molar-refractivity contribution in [2.75, 3.05) is 6.26 Å². The molecule has 1 fully saturated rings. The third-order valence-corrected chi connectivity index (χ3v) is 5.26. The number of sulfone groups is 1. The van der Waals surface area contributed by atoms with E-state index in [0.29, 0.717) is 16.1 Å². The standard InChI is InChI=1S/C19H19N3O5S/c1-19(15-6-4-3-5-7-15)17(24)22(18(25)20-19)21-16(23)14-10-8-13(9-11-14)12-28(2,26)27/h3-11H,12H2,1-2H3,(H,20,25)(H,21,23)/t19-/m1/s1. The van der Waals surface area contributed by atoms with E-state index >= 15 is 0 Å². The van der Waals surface area contributed by atoms with Crippen molar-refractivity contribution in [1.82, 2.24) is 15.8 Å². The highest BCUT2D eigenvalue weighted by atomic mass is 32.2. The first-order valence-electron chi connectivity index (χ1n) is 8.40. The van der Waals surface area contributed by atoms with E-state index in [9.17, 15) is 22.8 Å². The molecular formula is C19H19N3O5S. The minimum absolute atomic E-state index is 0.142. The topological polar surface area (TPSA) is 113 Å². The molecule has 0 unspecified atom stereocenters. The number of carbonyl (C=O) groups is 3. The Balaban J connectivity index is 1.75. The lowest BCUT2D eigenvalue weighted by Crippen LogP contribution is -2.47. The molecule has 0 bridgehead atoms. The van der Waals surface area contributed by atoms with Gasteiger partial charge in [0, 0.05) is 11.8 Å². The summed E-state index contributed by atoms with van der Waals surface area (Å²) in [7, 11) is -3.19. The van der Waals surface area contributed by atoms with Crippen molar-refractivity contribution in [2.45, 2.75) is 18.2 Å². The number of nitrogens with one attached hydrogen (secondary N) is 2. The van der Waals surface area contributed by atoms with Crippen LogP contribution in [-0.4, -0.2) is 37.5 Å². The van der Waals surface area contributed by atoms with Gasteiger partial charge >= 0.3 is 6.03 Å². The highest BCUT2D eigenvalue weighted by molar-refractivity contribution is 7.89. The minimum atomic E-state index is -3.19. The Hall–Kier alpha value is -3.20. The van der Waals surface area contributed by atoms with Gasteiger partial charge in [0.05, 0.1) is 5.75 Å².